The molecule has 0 unspecified atom stereocenters. The molecule has 1 aromatic rings. The highest BCUT2D eigenvalue weighted by molar-refractivity contribution is 9.10. The van der Waals surface area contributed by atoms with Gasteiger partial charge < -0.3 is 15.0 Å². The Morgan fingerprint density at radius 1 is 1.47 bits per heavy atom. The average molecular weight is 301 g/mol. The quantitative estimate of drug-likeness (QED) is 0.907. The lowest BCUT2D eigenvalue weighted by molar-refractivity contribution is -0.127. The molecule has 1 N–H and O–H groups in total. The summed E-state index contributed by atoms with van der Waals surface area (Å²) in [4.78, 5) is 13.3. The fourth-order valence-electron chi connectivity index (χ4n) is 1.27. The van der Waals surface area contributed by atoms with Crippen LogP contribution < -0.4 is 10.1 Å². The molecule has 0 radical (unpaired) electrons. The molecule has 1 rings (SSSR count). The van der Waals surface area contributed by atoms with Crippen LogP contribution in [0, 0.1) is 0 Å². The third-order valence-electron chi connectivity index (χ3n) is 2.45. The largest absolute Gasteiger partial charge is 0.497 e. The smallest absolute Gasteiger partial charge is 0.241 e. The number of halogens is 1. The first kappa shape index (κ1) is 13.8. The van der Waals surface area contributed by atoms with Crippen LogP contribution in [0.2, 0.25) is 0 Å². The standard InChI is InChI=1S/C12H17BrN2O2/c1-4-15(2)12(16)8-14-10-5-9(13)6-11(7-10)17-3/h5-7,14H,4,8H2,1-3H3. The van der Waals surface area contributed by atoms with Gasteiger partial charge in [-0.25, -0.2) is 0 Å². The minimum absolute atomic E-state index is 0.0615. The van der Waals surface area contributed by atoms with Gasteiger partial charge in [-0.1, -0.05) is 15.9 Å². The van der Waals surface area contributed by atoms with Crippen molar-refractivity contribution in [3.63, 3.8) is 0 Å². The summed E-state index contributed by atoms with van der Waals surface area (Å²) in [7, 11) is 3.40. The molecule has 0 aliphatic heterocycles. The monoisotopic (exact) mass is 300 g/mol. The van der Waals surface area contributed by atoms with Gasteiger partial charge in [0, 0.05) is 29.8 Å². The number of hydrogen-bond donors (Lipinski definition) is 1. The van der Waals surface area contributed by atoms with Crippen LogP contribution in [0.5, 0.6) is 5.75 Å². The predicted octanol–water partition coefficient (Wildman–Crippen LogP) is 2.35. The number of ether oxygens (including phenoxy) is 1. The van der Waals surface area contributed by atoms with Gasteiger partial charge >= 0.3 is 0 Å². The molecule has 0 aliphatic carbocycles. The van der Waals surface area contributed by atoms with Gasteiger partial charge in [-0.3, -0.25) is 4.79 Å². The van der Waals surface area contributed by atoms with E-state index in [-0.39, 0.29) is 12.5 Å². The minimum Gasteiger partial charge on any atom is -0.497 e. The Hall–Kier alpha value is -1.23. The van der Waals surface area contributed by atoms with Crippen molar-refractivity contribution < 1.29 is 9.53 Å². The highest BCUT2D eigenvalue weighted by Crippen LogP contribution is 2.24. The first-order valence-corrected chi connectivity index (χ1v) is 6.18. The molecular weight excluding hydrogens is 284 g/mol. The van der Waals surface area contributed by atoms with E-state index < -0.39 is 0 Å². The summed E-state index contributed by atoms with van der Waals surface area (Å²) in [5.74, 6) is 0.810. The topological polar surface area (TPSA) is 41.6 Å². The third kappa shape index (κ3) is 4.26. The number of benzene rings is 1. The van der Waals surface area contributed by atoms with Crippen LogP contribution in [0.1, 0.15) is 6.92 Å². The van der Waals surface area contributed by atoms with E-state index in [1.807, 2.05) is 25.1 Å². The zero-order valence-corrected chi connectivity index (χ0v) is 11.9. The maximum absolute atomic E-state index is 11.6. The van der Waals surface area contributed by atoms with Gasteiger partial charge in [0.2, 0.25) is 5.91 Å². The summed E-state index contributed by atoms with van der Waals surface area (Å²) in [6.45, 7) is 2.94. The van der Waals surface area contributed by atoms with E-state index in [1.165, 1.54) is 0 Å². The number of amides is 1. The number of anilines is 1. The summed E-state index contributed by atoms with van der Waals surface area (Å²) in [6, 6.07) is 5.62. The highest BCUT2D eigenvalue weighted by Gasteiger charge is 2.06. The average Bonchev–Trinajstić information content (AvgIpc) is 2.34. The van der Waals surface area contributed by atoms with Crippen LogP contribution >= 0.6 is 15.9 Å². The molecule has 0 fully saturated rings. The second-order valence-corrected chi connectivity index (χ2v) is 4.56. The van der Waals surface area contributed by atoms with Crippen LogP contribution in [-0.4, -0.2) is 38.1 Å². The molecule has 1 aromatic carbocycles. The van der Waals surface area contributed by atoms with E-state index in [4.69, 9.17) is 4.74 Å². The van der Waals surface area contributed by atoms with Crippen molar-refractivity contribution in [2.75, 3.05) is 32.6 Å². The van der Waals surface area contributed by atoms with Crippen LogP contribution in [0.25, 0.3) is 0 Å². The Bertz CT molecular complexity index is 396. The SMILES string of the molecule is CCN(C)C(=O)CNc1cc(Br)cc(OC)c1. The number of nitrogens with one attached hydrogen (secondary N) is 1. The number of hydrogen-bond acceptors (Lipinski definition) is 3. The van der Waals surface area contributed by atoms with Gasteiger partial charge in [-0.2, -0.15) is 0 Å². The lowest BCUT2D eigenvalue weighted by Gasteiger charge is -2.15. The van der Waals surface area contributed by atoms with E-state index >= 15 is 0 Å². The molecule has 94 valence electrons. The van der Waals surface area contributed by atoms with Gasteiger partial charge in [-0.15, -0.1) is 0 Å². The minimum atomic E-state index is 0.0615. The second kappa shape index (κ2) is 6.49. The van der Waals surface area contributed by atoms with Crippen LogP contribution in [0.3, 0.4) is 0 Å². The lowest BCUT2D eigenvalue weighted by atomic mass is 10.3. The van der Waals surface area contributed by atoms with Crippen molar-refractivity contribution >= 4 is 27.5 Å². The van der Waals surface area contributed by atoms with Crippen molar-refractivity contribution in [2.24, 2.45) is 0 Å². The summed E-state index contributed by atoms with van der Waals surface area (Å²) in [5, 5.41) is 3.07. The Balaban J connectivity index is 2.63. The summed E-state index contributed by atoms with van der Waals surface area (Å²) in [5.41, 5.74) is 0.856. The Morgan fingerprint density at radius 3 is 2.76 bits per heavy atom. The van der Waals surface area contributed by atoms with Crippen LogP contribution in [-0.2, 0) is 4.79 Å². The van der Waals surface area contributed by atoms with E-state index in [0.717, 1.165) is 15.9 Å². The molecule has 5 heteroatoms. The Labute approximate surface area is 110 Å². The molecule has 1 amide bonds. The van der Waals surface area contributed by atoms with Gasteiger partial charge in [0.25, 0.3) is 0 Å². The molecule has 0 saturated carbocycles. The first-order chi connectivity index (χ1) is 8.06. The lowest BCUT2D eigenvalue weighted by Crippen LogP contribution is -2.31. The van der Waals surface area contributed by atoms with Crippen molar-refractivity contribution in [1.29, 1.82) is 0 Å². The maximum Gasteiger partial charge on any atom is 0.241 e. The predicted molar refractivity (Wildman–Crippen MR) is 72.5 cm³/mol. The van der Waals surface area contributed by atoms with Crippen molar-refractivity contribution in [3.05, 3.63) is 22.7 Å². The summed E-state index contributed by atoms with van der Waals surface area (Å²) in [6.07, 6.45) is 0. The van der Waals surface area contributed by atoms with Crippen molar-refractivity contribution in [2.45, 2.75) is 6.92 Å². The van der Waals surface area contributed by atoms with Gasteiger partial charge in [0.15, 0.2) is 0 Å². The fourth-order valence-corrected chi connectivity index (χ4v) is 1.74. The van der Waals surface area contributed by atoms with E-state index in [1.54, 1.807) is 19.1 Å². The molecule has 0 aliphatic rings. The van der Waals surface area contributed by atoms with Crippen molar-refractivity contribution in [1.82, 2.24) is 4.90 Å². The number of rotatable bonds is 5. The van der Waals surface area contributed by atoms with Crippen LogP contribution in [0.4, 0.5) is 5.69 Å². The van der Waals surface area contributed by atoms with Gasteiger partial charge in [0.1, 0.15) is 5.75 Å². The van der Waals surface area contributed by atoms with E-state index in [0.29, 0.717) is 6.54 Å². The summed E-state index contributed by atoms with van der Waals surface area (Å²) >= 11 is 3.39. The molecule has 17 heavy (non-hydrogen) atoms. The zero-order valence-electron chi connectivity index (χ0n) is 10.3. The Morgan fingerprint density at radius 2 is 2.18 bits per heavy atom. The molecule has 0 saturated heterocycles. The third-order valence-corrected chi connectivity index (χ3v) is 2.91. The van der Waals surface area contributed by atoms with Gasteiger partial charge in [-0.05, 0) is 19.1 Å². The number of nitrogens with zero attached hydrogens (tertiary/aromatic N) is 1. The van der Waals surface area contributed by atoms with Crippen molar-refractivity contribution in [3.8, 4) is 5.75 Å². The molecule has 0 aromatic heterocycles. The van der Waals surface area contributed by atoms with Gasteiger partial charge in [0.05, 0.1) is 13.7 Å². The normalized spacial score (nSPS) is 9.88. The highest BCUT2D eigenvalue weighted by atomic mass is 79.9. The molecule has 0 spiro atoms. The molecular formula is C12H17BrN2O2. The number of methoxy groups -OCH3 is 1. The molecule has 0 atom stereocenters. The first-order valence-electron chi connectivity index (χ1n) is 5.39. The van der Waals surface area contributed by atoms with Crippen LogP contribution in [0.15, 0.2) is 22.7 Å². The zero-order chi connectivity index (χ0) is 12.8. The second-order valence-electron chi connectivity index (χ2n) is 3.64. The fraction of sp³-hybridized carbons (Fsp3) is 0.417. The summed E-state index contributed by atoms with van der Waals surface area (Å²) < 4.78 is 6.06. The number of likely N-dealkylation sites (N-methyl/N-ethyl adjacent to an activating group) is 1. The number of carbonyl (C=O) groups is 1. The van der Waals surface area contributed by atoms with E-state index in [9.17, 15) is 4.79 Å². The Kier molecular flexibility index (Phi) is 5.28. The number of carbonyl (C=O) groups excluding carboxylic acids is 1. The molecule has 0 heterocycles. The maximum atomic E-state index is 11.6. The van der Waals surface area contributed by atoms with E-state index in [2.05, 4.69) is 21.2 Å². The molecule has 4 nitrogen and oxygen atoms in total. The molecule has 0 bridgehead atoms.